The van der Waals surface area contributed by atoms with E-state index >= 15 is 0 Å². The minimum atomic E-state index is -0.415. The summed E-state index contributed by atoms with van der Waals surface area (Å²) in [7, 11) is 0. The van der Waals surface area contributed by atoms with E-state index in [1.807, 2.05) is 6.07 Å². The Bertz CT molecular complexity index is 632. The predicted molar refractivity (Wildman–Crippen MR) is 81.1 cm³/mol. The maximum absolute atomic E-state index is 11.0. The van der Waals surface area contributed by atoms with Gasteiger partial charge < -0.3 is 10.4 Å². The van der Waals surface area contributed by atoms with Gasteiger partial charge in [-0.3, -0.25) is 10.1 Å². The molecule has 0 unspecified atom stereocenters. The number of phenols is 1. The molecule has 2 aromatic carbocycles. The molecular weight excluding hydrogens is 324 g/mol. The summed E-state index contributed by atoms with van der Waals surface area (Å²) >= 11 is 3.22. The maximum atomic E-state index is 11.0. The highest BCUT2D eigenvalue weighted by Crippen LogP contribution is 2.27. The highest BCUT2D eigenvalue weighted by molar-refractivity contribution is 9.10. The molecule has 0 saturated heterocycles. The number of nitro benzene ring substituents is 1. The molecule has 2 N–H and O–H groups in total. The second-order valence-corrected chi connectivity index (χ2v) is 5.18. The molecule has 0 aliphatic rings. The van der Waals surface area contributed by atoms with Crippen molar-refractivity contribution in [1.82, 2.24) is 0 Å². The van der Waals surface area contributed by atoms with E-state index in [2.05, 4.69) is 21.2 Å². The Balaban J connectivity index is 2.02. The van der Waals surface area contributed by atoms with Gasteiger partial charge >= 0.3 is 0 Å². The molecule has 0 amide bonds. The highest BCUT2D eigenvalue weighted by atomic mass is 79.9. The topological polar surface area (TPSA) is 75.4 Å². The first-order valence-electron chi connectivity index (χ1n) is 6.02. The van der Waals surface area contributed by atoms with Gasteiger partial charge in [0.25, 0.3) is 5.69 Å². The average Bonchev–Trinajstić information content (AvgIpc) is 2.40. The largest absolute Gasteiger partial charge is 0.508 e. The normalized spacial score (nSPS) is 10.2. The van der Waals surface area contributed by atoms with Gasteiger partial charge in [0.1, 0.15) is 11.4 Å². The number of halogens is 1. The van der Waals surface area contributed by atoms with Crippen molar-refractivity contribution in [3.8, 4) is 5.75 Å². The summed E-state index contributed by atoms with van der Waals surface area (Å²) in [6, 6.07) is 11.9. The third kappa shape index (κ3) is 3.71. The molecule has 0 aromatic heterocycles. The lowest BCUT2D eigenvalue weighted by molar-refractivity contribution is -0.384. The van der Waals surface area contributed by atoms with Crippen LogP contribution in [0.3, 0.4) is 0 Å². The van der Waals surface area contributed by atoms with Gasteiger partial charge in [-0.2, -0.15) is 0 Å². The number of rotatable bonds is 5. The average molecular weight is 337 g/mol. The van der Waals surface area contributed by atoms with Gasteiger partial charge in [-0.1, -0.05) is 28.1 Å². The summed E-state index contributed by atoms with van der Waals surface area (Å²) in [5.74, 6) is 0.220. The van der Waals surface area contributed by atoms with Crippen molar-refractivity contribution in [3.63, 3.8) is 0 Å². The van der Waals surface area contributed by atoms with Crippen LogP contribution in [0.5, 0.6) is 5.75 Å². The molecule has 0 atom stereocenters. The van der Waals surface area contributed by atoms with Crippen molar-refractivity contribution >= 4 is 27.3 Å². The van der Waals surface area contributed by atoms with Crippen molar-refractivity contribution in [2.75, 3.05) is 11.9 Å². The third-order valence-corrected chi connectivity index (χ3v) is 3.29. The molecule has 104 valence electrons. The predicted octanol–water partition coefficient (Wildman–Crippen LogP) is 3.72. The molecule has 0 saturated carbocycles. The second-order valence-electron chi connectivity index (χ2n) is 4.27. The number of anilines is 1. The van der Waals surface area contributed by atoms with Crippen molar-refractivity contribution in [1.29, 1.82) is 0 Å². The Labute approximate surface area is 124 Å². The van der Waals surface area contributed by atoms with E-state index in [0.717, 1.165) is 5.56 Å². The first kappa shape index (κ1) is 14.3. The molecule has 0 aliphatic carbocycles. The monoisotopic (exact) mass is 336 g/mol. The highest BCUT2D eigenvalue weighted by Gasteiger charge is 2.13. The number of aromatic hydroxyl groups is 1. The summed E-state index contributed by atoms with van der Waals surface area (Å²) < 4.78 is 0.669. The lowest BCUT2D eigenvalue weighted by Gasteiger charge is -2.07. The molecule has 20 heavy (non-hydrogen) atoms. The molecule has 6 heteroatoms. The summed E-state index contributed by atoms with van der Waals surface area (Å²) in [6.07, 6.45) is 0.668. The van der Waals surface area contributed by atoms with E-state index in [9.17, 15) is 15.2 Å². The summed E-state index contributed by atoms with van der Waals surface area (Å²) in [5, 5.41) is 23.4. The molecule has 0 bridgehead atoms. The number of nitro groups is 1. The van der Waals surface area contributed by atoms with E-state index in [1.165, 1.54) is 6.07 Å². The second kappa shape index (κ2) is 6.38. The van der Waals surface area contributed by atoms with Gasteiger partial charge in [0.2, 0.25) is 0 Å². The zero-order valence-electron chi connectivity index (χ0n) is 10.5. The van der Waals surface area contributed by atoms with Crippen LogP contribution < -0.4 is 5.32 Å². The van der Waals surface area contributed by atoms with Crippen LogP contribution in [0.4, 0.5) is 11.4 Å². The molecule has 0 heterocycles. The number of nitrogens with zero attached hydrogens (tertiary/aromatic N) is 1. The SMILES string of the molecule is O=[N+]([O-])c1cc(Br)ccc1NCCc1cccc(O)c1. The molecule has 2 rings (SSSR count). The van der Waals surface area contributed by atoms with Crippen molar-refractivity contribution in [3.05, 3.63) is 62.6 Å². The quantitative estimate of drug-likeness (QED) is 0.644. The Morgan fingerprint density at radius 1 is 1.25 bits per heavy atom. The van der Waals surface area contributed by atoms with Crippen LogP contribution in [-0.2, 0) is 6.42 Å². The maximum Gasteiger partial charge on any atom is 0.293 e. The zero-order chi connectivity index (χ0) is 14.5. The van der Waals surface area contributed by atoms with Crippen LogP contribution in [0.1, 0.15) is 5.56 Å². The molecule has 0 fully saturated rings. The Morgan fingerprint density at radius 3 is 2.75 bits per heavy atom. The van der Waals surface area contributed by atoms with Crippen molar-refractivity contribution in [2.45, 2.75) is 6.42 Å². The number of hydrogen-bond acceptors (Lipinski definition) is 4. The van der Waals surface area contributed by atoms with Crippen LogP contribution in [0.15, 0.2) is 46.9 Å². The number of hydrogen-bond donors (Lipinski definition) is 2. The Morgan fingerprint density at radius 2 is 2.05 bits per heavy atom. The van der Waals surface area contributed by atoms with Gasteiger partial charge in [0.15, 0.2) is 0 Å². The molecule has 0 spiro atoms. The zero-order valence-corrected chi connectivity index (χ0v) is 12.1. The molecule has 0 aliphatic heterocycles. The smallest absolute Gasteiger partial charge is 0.293 e. The van der Waals surface area contributed by atoms with Crippen LogP contribution in [0.2, 0.25) is 0 Å². The minimum absolute atomic E-state index is 0.0373. The van der Waals surface area contributed by atoms with Crippen molar-refractivity contribution in [2.24, 2.45) is 0 Å². The van der Waals surface area contributed by atoms with E-state index in [-0.39, 0.29) is 11.4 Å². The van der Waals surface area contributed by atoms with Gasteiger partial charge in [-0.15, -0.1) is 0 Å². The Kier molecular flexibility index (Phi) is 4.57. The van der Waals surface area contributed by atoms with Crippen LogP contribution in [-0.4, -0.2) is 16.6 Å². The fourth-order valence-corrected chi connectivity index (χ4v) is 2.21. The van der Waals surface area contributed by atoms with Crippen LogP contribution in [0.25, 0.3) is 0 Å². The summed E-state index contributed by atoms with van der Waals surface area (Å²) in [6.45, 7) is 0.548. The fraction of sp³-hybridized carbons (Fsp3) is 0.143. The van der Waals surface area contributed by atoms with Crippen molar-refractivity contribution < 1.29 is 10.0 Å². The van der Waals surface area contributed by atoms with Gasteiger partial charge in [-0.25, -0.2) is 0 Å². The first-order valence-corrected chi connectivity index (χ1v) is 6.81. The number of phenolic OH excluding ortho intramolecular Hbond substituents is 1. The number of nitrogens with one attached hydrogen (secondary N) is 1. The lowest BCUT2D eigenvalue weighted by Crippen LogP contribution is -2.06. The van der Waals surface area contributed by atoms with Gasteiger partial charge in [0.05, 0.1) is 4.92 Å². The summed E-state index contributed by atoms with van der Waals surface area (Å²) in [5.41, 5.74) is 1.49. The van der Waals surface area contributed by atoms with E-state index < -0.39 is 4.92 Å². The summed E-state index contributed by atoms with van der Waals surface area (Å²) in [4.78, 5) is 10.5. The third-order valence-electron chi connectivity index (χ3n) is 2.80. The van der Waals surface area contributed by atoms with Gasteiger partial charge in [0, 0.05) is 17.1 Å². The fourth-order valence-electron chi connectivity index (χ4n) is 1.86. The first-order chi connectivity index (χ1) is 9.56. The van der Waals surface area contributed by atoms with E-state index in [1.54, 1.807) is 30.3 Å². The minimum Gasteiger partial charge on any atom is -0.508 e. The molecule has 2 aromatic rings. The number of benzene rings is 2. The Hall–Kier alpha value is -2.08. The van der Waals surface area contributed by atoms with Crippen LogP contribution >= 0.6 is 15.9 Å². The molecule has 5 nitrogen and oxygen atoms in total. The molecular formula is C14H13BrN2O3. The molecule has 0 radical (unpaired) electrons. The lowest BCUT2D eigenvalue weighted by atomic mass is 10.1. The standard InChI is InChI=1S/C14H13BrN2O3/c15-11-4-5-13(14(9-11)17(19)20)16-7-6-10-2-1-3-12(18)8-10/h1-5,8-9,16,18H,6-7H2. The van der Waals surface area contributed by atoms with E-state index in [4.69, 9.17) is 0 Å². The van der Waals surface area contributed by atoms with Crippen LogP contribution in [0, 0.1) is 10.1 Å². The van der Waals surface area contributed by atoms with E-state index in [0.29, 0.717) is 23.1 Å². The van der Waals surface area contributed by atoms with Gasteiger partial charge in [-0.05, 0) is 36.2 Å².